The van der Waals surface area contributed by atoms with Crippen LogP contribution in [0.1, 0.15) is 47.0 Å². The Morgan fingerprint density at radius 3 is 2.19 bits per heavy atom. The van der Waals surface area contributed by atoms with Crippen LogP contribution in [-0.4, -0.2) is 51.0 Å². The topological polar surface area (TPSA) is 72.9 Å². The normalized spacial score (nSPS) is 19.4. The second-order valence-electron chi connectivity index (χ2n) is 7.05. The van der Waals surface area contributed by atoms with Crippen molar-refractivity contribution in [1.82, 2.24) is 4.90 Å². The molecule has 1 aliphatic rings. The lowest BCUT2D eigenvalue weighted by Crippen LogP contribution is -2.44. The highest BCUT2D eigenvalue weighted by molar-refractivity contribution is 7.85. The smallest absolute Gasteiger partial charge is 0.410 e. The summed E-state index contributed by atoms with van der Waals surface area (Å²) in [6.07, 6.45) is 3.08. The number of piperidine rings is 1. The maximum atomic E-state index is 12.0. The van der Waals surface area contributed by atoms with E-state index < -0.39 is 15.7 Å². The molecule has 1 amide bonds. The number of hydrogen-bond donors (Lipinski definition) is 0. The van der Waals surface area contributed by atoms with Gasteiger partial charge in [-0.1, -0.05) is 6.92 Å². The molecule has 7 heteroatoms. The fourth-order valence-electron chi connectivity index (χ4n) is 2.25. The minimum Gasteiger partial charge on any atom is -0.444 e. The van der Waals surface area contributed by atoms with Gasteiger partial charge in [0.15, 0.2) is 0 Å². The molecular weight excluding hydrogens is 294 g/mol. The van der Waals surface area contributed by atoms with E-state index >= 15 is 0 Å². The van der Waals surface area contributed by atoms with Crippen LogP contribution in [0.4, 0.5) is 4.79 Å². The first-order chi connectivity index (χ1) is 9.40. The van der Waals surface area contributed by atoms with E-state index in [0.29, 0.717) is 19.5 Å². The molecule has 1 fully saturated rings. The van der Waals surface area contributed by atoms with Crippen molar-refractivity contribution in [1.29, 1.82) is 0 Å². The van der Waals surface area contributed by atoms with Crippen molar-refractivity contribution in [2.24, 2.45) is 5.41 Å². The highest BCUT2D eigenvalue weighted by Crippen LogP contribution is 2.34. The molecule has 21 heavy (non-hydrogen) atoms. The lowest BCUT2D eigenvalue weighted by Gasteiger charge is -2.39. The van der Waals surface area contributed by atoms with Gasteiger partial charge in [0, 0.05) is 13.1 Å². The Hall–Kier alpha value is -0.820. The van der Waals surface area contributed by atoms with E-state index in [1.54, 1.807) is 4.90 Å². The standard InChI is InChI=1S/C14H27NO5S/c1-13(2,3)20-12(16)15-9-6-14(4,7-10-15)8-11-19-21(5,17)18/h6-11H2,1-5H3. The zero-order chi connectivity index (χ0) is 16.3. The molecule has 1 heterocycles. The summed E-state index contributed by atoms with van der Waals surface area (Å²) in [5.41, 5.74) is -0.482. The number of nitrogens with zero attached hydrogens (tertiary/aromatic N) is 1. The zero-order valence-electron chi connectivity index (χ0n) is 13.6. The van der Waals surface area contributed by atoms with Gasteiger partial charge in [-0.05, 0) is 45.4 Å². The third-order valence-electron chi connectivity index (χ3n) is 3.63. The predicted octanol–water partition coefficient (Wildman–Crippen LogP) is 2.39. The van der Waals surface area contributed by atoms with Crippen LogP contribution in [0, 0.1) is 5.41 Å². The van der Waals surface area contributed by atoms with Crippen LogP contribution in [0.5, 0.6) is 0 Å². The fraction of sp³-hybridized carbons (Fsp3) is 0.929. The Balaban J connectivity index is 2.42. The van der Waals surface area contributed by atoms with E-state index in [4.69, 9.17) is 8.92 Å². The molecule has 0 aliphatic carbocycles. The minimum absolute atomic E-state index is 0.00318. The van der Waals surface area contributed by atoms with Gasteiger partial charge in [0.1, 0.15) is 5.60 Å². The molecule has 1 rings (SSSR count). The van der Waals surface area contributed by atoms with Crippen molar-refractivity contribution < 1.29 is 22.1 Å². The first-order valence-electron chi connectivity index (χ1n) is 7.23. The molecule has 6 nitrogen and oxygen atoms in total. The number of likely N-dealkylation sites (tertiary alicyclic amines) is 1. The number of carbonyl (C=O) groups is 1. The second kappa shape index (κ2) is 6.52. The van der Waals surface area contributed by atoms with Gasteiger partial charge in [-0.2, -0.15) is 8.42 Å². The number of rotatable bonds is 4. The molecule has 1 aliphatic heterocycles. The Bertz CT molecular complexity index is 458. The molecule has 0 atom stereocenters. The van der Waals surface area contributed by atoms with Gasteiger partial charge in [-0.15, -0.1) is 0 Å². The Labute approximate surface area is 127 Å². The predicted molar refractivity (Wildman–Crippen MR) is 80.6 cm³/mol. The molecule has 0 aromatic rings. The molecule has 0 spiro atoms. The van der Waals surface area contributed by atoms with Gasteiger partial charge in [-0.25, -0.2) is 4.79 Å². The van der Waals surface area contributed by atoms with Crippen molar-refractivity contribution in [2.45, 2.75) is 52.6 Å². The number of carbonyl (C=O) groups excluding carboxylic acids is 1. The maximum Gasteiger partial charge on any atom is 0.410 e. The monoisotopic (exact) mass is 321 g/mol. The maximum absolute atomic E-state index is 12.0. The summed E-state index contributed by atoms with van der Waals surface area (Å²) in [4.78, 5) is 13.7. The van der Waals surface area contributed by atoms with E-state index in [1.165, 1.54) is 0 Å². The van der Waals surface area contributed by atoms with Crippen LogP contribution >= 0.6 is 0 Å². The number of ether oxygens (including phenoxy) is 1. The summed E-state index contributed by atoms with van der Waals surface area (Å²) < 4.78 is 32.1. The lowest BCUT2D eigenvalue weighted by molar-refractivity contribution is 0.00994. The largest absolute Gasteiger partial charge is 0.444 e. The van der Waals surface area contributed by atoms with Crippen LogP contribution in [0.2, 0.25) is 0 Å². The SMILES string of the molecule is CC1(CCOS(C)(=O)=O)CCN(C(=O)OC(C)(C)C)CC1. The third kappa shape index (κ3) is 7.13. The molecule has 0 aromatic heterocycles. The van der Waals surface area contributed by atoms with Crippen molar-refractivity contribution in [3.05, 3.63) is 0 Å². The average Bonchev–Trinajstić information content (AvgIpc) is 2.25. The van der Waals surface area contributed by atoms with Crippen molar-refractivity contribution in [3.63, 3.8) is 0 Å². The van der Waals surface area contributed by atoms with E-state index in [9.17, 15) is 13.2 Å². The quantitative estimate of drug-likeness (QED) is 0.743. The van der Waals surface area contributed by atoms with Crippen molar-refractivity contribution >= 4 is 16.2 Å². The van der Waals surface area contributed by atoms with E-state index in [0.717, 1.165) is 19.1 Å². The minimum atomic E-state index is -3.38. The molecule has 124 valence electrons. The molecule has 0 radical (unpaired) electrons. The summed E-state index contributed by atoms with van der Waals surface area (Å²) >= 11 is 0. The highest BCUT2D eigenvalue weighted by atomic mass is 32.2. The Morgan fingerprint density at radius 1 is 1.24 bits per heavy atom. The molecular formula is C14H27NO5S. The average molecular weight is 321 g/mol. The van der Waals surface area contributed by atoms with Gasteiger partial charge < -0.3 is 9.64 Å². The molecule has 0 saturated carbocycles. The molecule has 1 saturated heterocycles. The van der Waals surface area contributed by atoms with Gasteiger partial charge in [0.25, 0.3) is 10.1 Å². The lowest BCUT2D eigenvalue weighted by atomic mass is 9.78. The molecule has 0 aromatic carbocycles. The number of amides is 1. The van der Waals surface area contributed by atoms with E-state index in [-0.39, 0.29) is 18.1 Å². The zero-order valence-corrected chi connectivity index (χ0v) is 14.5. The first-order valence-corrected chi connectivity index (χ1v) is 9.04. The van der Waals surface area contributed by atoms with Crippen LogP contribution in [-0.2, 0) is 19.0 Å². The van der Waals surface area contributed by atoms with Crippen LogP contribution in [0.15, 0.2) is 0 Å². The number of hydrogen-bond acceptors (Lipinski definition) is 5. The molecule has 0 bridgehead atoms. The third-order valence-corrected chi connectivity index (χ3v) is 4.22. The van der Waals surface area contributed by atoms with Gasteiger partial charge in [0.2, 0.25) is 0 Å². The van der Waals surface area contributed by atoms with Gasteiger partial charge in [0.05, 0.1) is 12.9 Å². The Morgan fingerprint density at radius 2 is 1.76 bits per heavy atom. The summed E-state index contributed by atoms with van der Waals surface area (Å²) in [5.74, 6) is 0. The van der Waals surface area contributed by atoms with Crippen LogP contribution in [0.25, 0.3) is 0 Å². The fourth-order valence-corrected chi connectivity index (χ4v) is 2.63. The first kappa shape index (κ1) is 18.2. The molecule has 0 unspecified atom stereocenters. The van der Waals surface area contributed by atoms with E-state index in [2.05, 4.69) is 6.92 Å². The summed E-state index contributed by atoms with van der Waals surface area (Å²) in [6, 6.07) is 0. The van der Waals surface area contributed by atoms with Crippen LogP contribution < -0.4 is 0 Å². The van der Waals surface area contributed by atoms with Crippen molar-refractivity contribution in [3.8, 4) is 0 Å². The summed E-state index contributed by atoms with van der Waals surface area (Å²) in [7, 11) is -3.38. The van der Waals surface area contributed by atoms with Gasteiger partial charge >= 0.3 is 6.09 Å². The Kier molecular flexibility index (Phi) is 5.66. The van der Waals surface area contributed by atoms with Crippen LogP contribution in [0.3, 0.4) is 0 Å². The van der Waals surface area contributed by atoms with E-state index in [1.807, 2.05) is 20.8 Å². The molecule has 0 N–H and O–H groups in total. The second-order valence-corrected chi connectivity index (χ2v) is 8.70. The van der Waals surface area contributed by atoms with Gasteiger partial charge in [-0.3, -0.25) is 4.18 Å². The highest BCUT2D eigenvalue weighted by Gasteiger charge is 2.33. The summed E-state index contributed by atoms with van der Waals surface area (Å²) in [6.45, 7) is 9.10. The summed E-state index contributed by atoms with van der Waals surface area (Å²) in [5, 5.41) is 0. The van der Waals surface area contributed by atoms with Crippen molar-refractivity contribution in [2.75, 3.05) is 26.0 Å².